The van der Waals surface area contributed by atoms with E-state index >= 15 is 0 Å². The third-order valence-corrected chi connectivity index (χ3v) is 12.7. The summed E-state index contributed by atoms with van der Waals surface area (Å²) < 4.78 is 85.5. The van der Waals surface area contributed by atoms with E-state index in [4.69, 9.17) is 42.1 Å². The van der Waals surface area contributed by atoms with Crippen molar-refractivity contribution in [2.75, 3.05) is 33.4 Å². The fourth-order valence-corrected chi connectivity index (χ4v) is 9.02. The number of halogens is 4. The van der Waals surface area contributed by atoms with Crippen molar-refractivity contribution >= 4 is 45.2 Å². The van der Waals surface area contributed by atoms with Crippen molar-refractivity contribution in [3.8, 4) is 17.2 Å². The van der Waals surface area contributed by atoms with Crippen LogP contribution in [0.4, 0.5) is 8.78 Å². The van der Waals surface area contributed by atoms with Gasteiger partial charge in [-0.05, 0) is 104 Å². The van der Waals surface area contributed by atoms with Crippen LogP contribution in [0.25, 0.3) is 0 Å². The number of esters is 2. The molecule has 3 aromatic carbocycles. The van der Waals surface area contributed by atoms with Gasteiger partial charge in [-0.1, -0.05) is 47.5 Å². The van der Waals surface area contributed by atoms with E-state index in [0.717, 1.165) is 57.2 Å². The summed E-state index contributed by atoms with van der Waals surface area (Å²) in [7, 11) is -3.07. The standard InChI is InChI=1S/C41H41Cl2F2N3O10S/c1-54-29-6-2-4-27(16-29)38(40(50)57-37-22-47-14-12-25(37)13-15-47)46-59(52,53)30-7-3-5-28(17-30)39(49)56-35(19-31-32(42)20-48(51)21-33(31)43)26-10-11-34(58-41(44)45)36(18-26)55-23-24-8-9-24/h2-7,10-11,16-18,20-21,24-25,35,37-38,41,46H,8-9,12-15,19,22-23H2,1H3/t35?,37-,38?/m0/s1. The molecule has 1 N–H and O–H groups in total. The van der Waals surface area contributed by atoms with E-state index in [1.807, 2.05) is 0 Å². The number of aromatic nitrogens is 1. The molecule has 0 amide bonds. The number of pyridine rings is 1. The highest BCUT2D eigenvalue weighted by Crippen LogP contribution is 2.38. The zero-order valence-corrected chi connectivity index (χ0v) is 34.1. The van der Waals surface area contributed by atoms with Crippen LogP contribution in [0.5, 0.6) is 17.2 Å². The summed E-state index contributed by atoms with van der Waals surface area (Å²) in [4.78, 5) is 29.6. The Balaban J connectivity index is 1.16. The van der Waals surface area contributed by atoms with E-state index in [0.29, 0.717) is 17.0 Å². The predicted molar refractivity (Wildman–Crippen MR) is 210 cm³/mol. The summed E-state index contributed by atoms with van der Waals surface area (Å²) in [6, 6.07) is 14.0. The molecule has 8 rings (SSSR count). The van der Waals surface area contributed by atoms with Crippen molar-refractivity contribution in [1.82, 2.24) is 9.62 Å². The summed E-state index contributed by atoms with van der Waals surface area (Å²) in [5.41, 5.74) is 0.602. The first kappa shape index (κ1) is 42.4. The number of nitrogens with zero attached hydrogens (tertiary/aromatic N) is 2. The Labute approximate surface area is 349 Å². The molecule has 1 saturated carbocycles. The first-order valence-electron chi connectivity index (χ1n) is 18.9. The monoisotopic (exact) mass is 875 g/mol. The summed E-state index contributed by atoms with van der Waals surface area (Å²) >= 11 is 12.8. The molecule has 3 atom stereocenters. The zero-order valence-electron chi connectivity index (χ0n) is 31.7. The molecule has 0 radical (unpaired) electrons. The van der Waals surface area contributed by atoms with Crippen LogP contribution in [0, 0.1) is 17.0 Å². The summed E-state index contributed by atoms with van der Waals surface area (Å²) in [6.07, 6.45) is 3.91. The molecule has 2 bridgehead atoms. The molecular weight excluding hydrogens is 835 g/mol. The molecule has 59 heavy (non-hydrogen) atoms. The van der Waals surface area contributed by atoms with E-state index in [9.17, 15) is 32.0 Å². The zero-order chi connectivity index (χ0) is 41.8. The van der Waals surface area contributed by atoms with Crippen molar-refractivity contribution < 1.29 is 55.2 Å². The Morgan fingerprint density at radius 1 is 0.949 bits per heavy atom. The molecule has 4 fully saturated rings. The molecule has 3 aliphatic heterocycles. The Morgan fingerprint density at radius 2 is 1.68 bits per heavy atom. The number of methoxy groups -OCH3 is 1. The van der Waals surface area contributed by atoms with Crippen LogP contribution >= 0.6 is 23.2 Å². The molecule has 0 spiro atoms. The molecule has 1 aromatic heterocycles. The average molecular weight is 877 g/mol. The third-order valence-electron chi connectivity index (χ3n) is 10.6. The first-order chi connectivity index (χ1) is 28.3. The fraction of sp³-hybridized carbons (Fsp3) is 0.390. The highest BCUT2D eigenvalue weighted by atomic mass is 35.5. The summed E-state index contributed by atoms with van der Waals surface area (Å²) in [5.74, 6) is -1.20. The van der Waals surface area contributed by atoms with Gasteiger partial charge in [0.05, 0.1) is 24.2 Å². The molecule has 2 unspecified atom stereocenters. The SMILES string of the molecule is COc1cccc(C(NS(=O)(=O)c2cccc(C(=O)OC(Cc3c(Cl)c[n+]([O-])cc3Cl)c3ccc(OC(F)F)c(OCC4CC4)c3)c2)C(=O)O[C@H]2CN3CCC2CC3)c1. The lowest BCUT2D eigenvalue weighted by molar-refractivity contribution is -0.605. The van der Waals surface area contributed by atoms with Gasteiger partial charge in [-0.3, -0.25) is 4.90 Å². The molecule has 13 nitrogen and oxygen atoms in total. The van der Waals surface area contributed by atoms with Gasteiger partial charge in [0.25, 0.3) is 0 Å². The van der Waals surface area contributed by atoms with Crippen LogP contribution in [-0.4, -0.2) is 71.3 Å². The molecule has 4 aliphatic rings. The number of sulfonamides is 1. The van der Waals surface area contributed by atoms with Crippen molar-refractivity contribution in [3.05, 3.63) is 117 Å². The van der Waals surface area contributed by atoms with Crippen LogP contribution in [0.3, 0.4) is 0 Å². The lowest BCUT2D eigenvalue weighted by Gasteiger charge is -2.44. The van der Waals surface area contributed by atoms with Gasteiger partial charge in [0.1, 0.15) is 34.0 Å². The lowest BCUT2D eigenvalue weighted by atomic mass is 9.86. The van der Waals surface area contributed by atoms with Crippen molar-refractivity contribution in [2.24, 2.45) is 11.8 Å². The van der Waals surface area contributed by atoms with Crippen LogP contribution in [-0.2, 0) is 30.7 Å². The van der Waals surface area contributed by atoms with Gasteiger partial charge in [-0.2, -0.15) is 18.2 Å². The molecule has 4 heterocycles. The van der Waals surface area contributed by atoms with Gasteiger partial charge in [0.2, 0.25) is 10.0 Å². The molecule has 1 aliphatic carbocycles. The predicted octanol–water partition coefficient (Wildman–Crippen LogP) is 6.82. The van der Waals surface area contributed by atoms with E-state index < -0.39 is 46.8 Å². The summed E-state index contributed by atoms with van der Waals surface area (Å²) in [5, 5.41) is 11.9. The maximum atomic E-state index is 14.1. The fourth-order valence-electron chi connectivity index (χ4n) is 7.21. The van der Waals surface area contributed by atoms with Crippen LogP contribution in [0.2, 0.25) is 10.0 Å². The number of hydrogen-bond acceptors (Lipinski definition) is 11. The third kappa shape index (κ3) is 10.5. The van der Waals surface area contributed by atoms with Crippen LogP contribution < -0.4 is 23.7 Å². The van der Waals surface area contributed by atoms with Gasteiger partial charge in [-0.15, -0.1) is 0 Å². The molecule has 18 heteroatoms. The first-order valence-corrected chi connectivity index (χ1v) is 21.2. The lowest BCUT2D eigenvalue weighted by Crippen LogP contribution is -2.52. The van der Waals surface area contributed by atoms with Crippen molar-refractivity contribution in [1.29, 1.82) is 0 Å². The van der Waals surface area contributed by atoms with Gasteiger partial charge in [0.15, 0.2) is 23.9 Å². The number of piperidine rings is 3. The molecule has 314 valence electrons. The Bertz CT molecular complexity index is 2270. The number of carbonyl (C=O) groups excluding carboxylic acids is 2. The quantitative estimate of drug-likeness (QED) is 0.0675. The van der Waals surface area contributed by atoms with Crippen LogP contribution in [0.15, 0.2) is 84.0 Å². The minimum atomic E-state index is -4.52. The number of benzene rings is 3. The highest BCUT2D eigenvalue weighted by Gasteiger charge is 2.39. The Kier molecular flexibility index (Phi) is 13.1. The summed E-state index contributed by atoms with van der Waals surface area (Å²) in [6.45, 7) is -0.505. The maximum absolute atomic E-state index is 14.1. The number of hydrogen-bond donors (Lipinski definition) is 1. The van der Waals surface area contributed by atoms with E-state index in [1.54, 1.807) is 18.2 Å². The van der Waals surface area contributed by atoms with Crippen molar-refractivity contribution in [2.45, 2.75) is 61.9 Å². The number of ether oxygens (including phenoxy) is 5. The normalized spacial score (nSPS) is 19.8. The van der Waals surface area contributed by atoms with E-state index in [-0.39, 0.29) is 73.6 Å². The number of nitrogens with one attached hydrogen (secondary N) is 1. The number of fused-ring (bicyclic) bond motifs is 3. The van der Waals surface area contributed by atoms with Gasteiger partial charge in [-0.25, -0.2) is 18.0 Å². The van der Waals surface area contributed by atoms with Gasteiger partial charge < -0.3 is 28.9 Å². The van der Waals surface area contributed by atoms with Gasteiger partial charge in [0, 0.05) is 18.5 Å². The van der Waals surface area contributed by atoms with E-state index in [2.05, 4.69) is 14.4 Å². The molecule has 4 aromatic rings. The van der Waals surface area contributed by atoms with Gasteiger partial charge >= 0.3 is 18.6 Å². The highest BCUT2D eigenvalue weighted by molar-refractivity contribution is 7.89. The molecule has 3 saturated heterocycles. The topological polar surface area (TPSA) is 157 Å². The maximum Gasteiger partial charge on any atom is 0.387 e. The number of carbonyl (C=O) groups is 2. The van der Waals surface area contributed by atoms with Crippen LogP contribution in [0.1, 0.15) is 64.9 Å². The number of alkyl halides is 2. The second-order valence-corrected chi connectivity index (χ2v) is 17.2. The van der Waals surface area contributed by atoms with E-state index in [1.165, 1.54) is 49.6 Å². The minimum Gasteiger partial charge on any atom is -0.619 e. The largest absolute Gasteiger partial charge is 0.619 e. The average Bonchev–Trinajstić information content (AvgIpc) is 4.05. The number of rotatable bonds is 17. The van der Waals surface area contributed by atoms with Crippen molar-refractivity contribution in [3.63, 3.8) is 0 Å². The smallest absolute Gasteiger partial charge is 0.387 e. The molecular formula is C41H41Cl2F2N3O10S. The second kappa shape index (κ2) is 18.3. The minimum absolute atomic E-state index is 0.0183. The second-order valence-electron chi connectivity index (χ2n) is 14.7. The Morgan fingerprint density at radius 3 is 2.34 bits per heavy atom. The Hall–Kier alpha value is -4.74.